The Morgan fingerprint density at radius 2 is 2.00 bits per heavy atom. The summed E-state index contributed by atoms with van der Waals surface area (Å²) in [6.45, 7) is 6.93. The second-order valence-corrected chi connectivity index (χ2v) is 8.03. The van der Waals surface area contributed by atoms with Crippen LogP contribution in [0.4, 0.5) is 10.1 Å². The van der Waals surface area contributed by atoms with Crippen LogP contribution in [0.15, 0.2) is 40.9 Å². The highest BCUT2D eigenvalue weighted by Crippen LogP contribution is 2.44. The van der Waals surface area contributed by atoms with Gasteiger partial charge in [0.1, 0.15) is 29.4 Å². The Kier molecular flexibility index (Phi) is 6.08. The fourth-order valence-corrected chi connectivity index (χ4v) is 3.74. The molecule has 0 saturated carbocycles. The van der Waals surface area contributed by atoms with E-state index in [2.05, 4.69) is 21.2 Å². The van der Waals surface area contributed by atoms with Crippen LogP contribution in [0.2, 0.25) is 0 Å². The Hall–Kier alpha value is -1.63. The van der Waals surface area contributed by atoms with E-state index < -0.39 is 11.7 Å². The lowest BCUT2D eigenvalue weighted by Crippen LogP contribution is -2.50. The van der Waals surface area contributed by atoms with Crippen LogP contribution in [0.1, 0.15) is 38.0 Å². The number of ether oxygens (including phenoxy) is 3. The smallest absolute Gasteiger partial charge is 0.132 e. The van der Waals surface area contributed by atoms with Crippen LogP contribution >= 0.6 is 15.9 Å². The van der Waals surface area contributed by atoms with Gasteiger partial charge in [-0.15, -0.1) is 0 Å². The molecule has 0 spiro atoms. The number of methoxy groups -OCH3 is 1. The van der Waals surface area contributed by atoms with Gasteiger partial charge in [0.15, 0.2) is 0 Å². The summed E-state index contributed by atoms with van der Waals surface area (Å²) in [6, 6.07) is 10.9. The minimum atomic E-state index is -0.626. The zero-order chi connectivity index (χ0) is 19.6. The van der Waals surface area contributed by atoms with Crippen LogP contribution in [-0.2, 0) is 16.1 Å². The summed E-state index contributed by atoms with van der Waals surface area (Å²) in [5.74, 6) is 0.478. The maximum Gasteiger partial charge on any atom is 0.132 e. The molecule has 0 radical (unpaired) electrons. The predicted molar refractivity (Wildman–Crippen MR) is 108 cm³/mol. The van der Waals surface area contributed by atoms with Crippen molar-refractivity contribution in [1.82, 2.24) is 0 Å². The van der Waals surface area contributed by atoms with Crippen molar-refractivity contribution in [3.05, 3.63) is 57.8 Å². The first-order valence-corrected chi connectivity index (χ1v) is 9.80. The van der Waals surface area contributed by atoms with Crippen molar-refractivity contribution in [3.8, 4) is 5.75 Å². The molecule has 1 N–H and O–H groups in total. The summed E-state index contributed by atoms with van der Waals surface area (Å²) in [6.07, 6.45) is -0.712. The zero-order valence-electron chi connectivity index (χ0n) is 16.0. The fraction of sp³-hybridized carbons (Fsp3) is 0.429. The molecule has 0 aromatic heterocycles. The largest absolute Gasteiger partial charge is 0.485 e. The van der Waals surface area contributed by atoms with Gasteiger partial charge in [-0.2, -0.15) is 0 Å². The lowest BCUT2D eigenvalue weighted by atomic mass is 9.88. The van der Waals surface area contributed by atoms with Gasteiger partial charge in [0, 0.05) is 34.9 Å². The molecule has 3 rings (SSSR count). The first-order valence-electron chi connectivity index (χ1n) is 9.01. The van der Waals surface area contributed by atoms with Crippen molar-refractivity contribution in [2.24, 2.45) is 0 Å². The van der Waals surface area contributed by atoms with Gasteiger partial charge in [0.2, 0.25) is 0 Å². The van der Waals surface area contributed by atoms with Crippen LogP contribution in [0.3, 0.4) is 0 Å². The molecule has 2 aromatic rings. The summed E-state index contributed by atoms with van der Waals surface area (Å²) in [7, 11) is 1.66. The molecule has 27 heavy (non-hydrogen) atoms. The third-order valence-corrected chi connectivity index (χ3v) is 5.21. The molecule has 0 aliphatic carbocycles. The Balaban J connectivity index is 1.88. The molecule has 1 aliphatic rings. The van der Waals surface area contributed by atoms with Gasteiger partial charge in [0.05, 0.1) is 6.61 Å². The summed E-state index contributed by atoms with van der Waals surface area (Å²) in [5, 5.41) is 3.30. The molecule has 0 bridgehead atoms. The van der Waals surface area contributed by atoms with E-state index in [0.717, 1.165) is 23.5 Å². The molecule has 6 heteroatoms. The molecule has 0 amide bonds. The number of benzene rings is 2. The Labute approximate surface area is 168 Å². The number of fused-ring (bicyclic) bond motifs is 1. The molecule has 146 valence electrons. The van der Waals surface area contributed by atoms with Crippen molar-refractivity contribution in [1.29, 1.82) is 0 Å². The van der Waals surface area contributed by atoms with Crippen LogP contribution in [0, 0.1) is 5.82 Å². The third kappa shape index (κ3) is 4.28. The standard InChI is InChI=1S/C21H25BrFNO3/c1-5-24-15-8-9-18-16(11-15)19(25-4)20(21(2,3)27-18)26-12-13-6-7-14(22)10-17(13)23/h6-11,19-20,24H,5,12H2,1-4H3. The number of anilines is 1. The van der Waals surface area contributed by atoms with E-state index in [-0.39, 0.29) is 18.5 Å². The average molecular weight is 438 g/mol. The van der Waals surface area contributed by atoms with Gasteiger partial charge >= 0.3 is 0 Å². The van der Waals surface area contributed by atoms with E-state index in [1.165, 1.54) is 6.07 Å². The molecule has 4 nitrogen and oxygen atoms in total. The molecular formula is C21H25BrFNO3. The van der Waals surface area contributed by atoms with Gasteiger partial charge in [-0.05, 0) is 51.1 Å². The molecular weight excluding hydrogens is 413 g/mol. The number of hydrogen-bond donors (Lipinski definition) is 1. The predicted octanol–water partition coefficient (Wildman–Crippen LogP) is 5.46. The van der Waals surface area contributed by atoms with E-state index in [9.17, 15) is 4.39 Å². The zero-order valence-corrected chi connectivity index (χ0v) is 17.6. The number of hydrogen-bond acceptors (Lipinski definition) is 4. The summed E-state index contributed by atoms with van der Waals surface area (Å²) in [4.78, 5) is 0. The minimum Gasteiger partial charge on any atom is -0.485 e. The van der Waals surface area contributed by atoms with Gasteiger partial charge in [0.25, 0.3) is 0 Å². The second-order valence-electron chi connectivity index (χ2n) is 7.11. The van der Waals surface area contributed by atoms with Crippen molar-refractivity contribution in [2.45, 2.75) is 45.2 Å². The Bertz CT molecular complexity index is 812. The molecule has 1 heterocycles. The lowest BCUT2D eigenvalue weighted by molar-refractivity contribution is -0.159. The number of halogens is 2. The first kappa shape index (κ1) is 20.1. The van der Waals surface area contributed by atoms with E-state index in [0.29, 0.717) is 10.0 Å². The summed E-state index contributed by atoms with van der Waals surface area (Å²) in [5.41, 5.74) is 1.80. The third-order valence-electron chi connectivity index (χ3n) is 4.72. The van der Waals surface area contributed by atoms with Crippen LogP contribution in [-0.4, -0.2) is 25.4 Å². The fourth-order valence-electron chi connectivity index (χ4n) is 3.40. The lowest BCUT2D eigenvalue weighted by Gasteiger charge is -2.44. The van der Waals surface area contributed by atoms with E-state index in [1.807, 2.05) is 39.0 Å². The van der Waals surface area contributed by atoms with Gasteiger partial charge in [-0.3, -0.25) is 0 Å². The van der Waals surface area contributed by atoms with Crippen LogP contribution < -0.4 is 10.1 Å². The van der Waals surface area contributed by atoms with Gasteiger partial charge in [-0.25, -0.2) is 4.39 Å². The molecule has 1 aliphatic heterocycles. The van der Waals surface area contributed by atoms with Crippen molar-refractivity contribution >= 4 is 21.6 Å². The Morgan fingerprint density at radius 1 is 1.22 bits per heavy atom. The van der Waals surface area contributed by atoms with E-state index in [1.54, 1.807) is 19.2 Å². The number of nitrogens with one attached hydrogen (secondary N) is 1. The van der Waals surface area contributed by atoms with Crippen molar-refractivity contribution in [2.75, 3.05) is 19.0 Å². The SMILES string of the molecule is CCNc1ccc2c(c1)C(OC)C(OCc1ccc(Br)cc1F)C(C)(C)O2. The Morgan fingerprint density at radius 3 is 2.67 bits per heavy atom. The first-order chi connectivity index (χ1) is 12.9. The van der Waals surface area contributed by atoms with Crippen molar-refractivity contribution < 1.29 is 18.6 Å². The summed E-state index contributed by atoms with van der Waals surface area (Å²) < 4.78 is 33.0. The normalized spacial score (nSPS) is 20.7. The monoisotopic (exact) mass is 437 g/mol. The average Bonchev–Trinajstić information content (AvgIpc) is 2.61. The summed E-state index contributed by atoms with van der Waals surface area (Å²) >= 11 is 3.27. The van der Waals surface area contributed by atoms with Gasteiger partial charge in [-0.1, -0.05) is 22.0 Å². The van der Waals surface area contributed by atoms with E-state index >= 15 is 0 Å². The topological polar surface area (TPSA) is 39.7 Å². The number of rotatable bonds is 6. The maximum absolute atomic E-state index is 14.2. The van der Waals surface area contributed by atoms with Crippen LogP contribution in [0.25, 0.3) is 0 Å². The van der Waals surface area contributed by atoms with Crippen LogP contribution in [0.5, 0.6) is 5.75 Å². The molecule has 0 saturated heterocycles. The highest BCUT2D eigenvalue weighted by atomic mass is 79.9. The maximum atomic E-state index is 14.2. The minimum absolute atomic E-state index is 0.138. The molecule has 0 fully saturated rings. The molecule has 2 unspecified atom stereocenters. The van der Waals surface area contributed by atoms with E-state index in [4.69, 9.17) is 14.2 Å². The molecule has 2 atom stereocenters. The van der Waals surface area contributed by atoms with Gasteiger partial charge < -0.3 is 19.5 Å². The van der Waals surface area contributed by atoms with Crippen molar-refractivity contribution in [3.63, 3.8) is 0 Å². The second kappa shape index (κ2) is 8.17. The molecule has 2 aromatic carbocycles. The highest BCUT2D eigenvalue weighted by Gasteiger charge is 2.45. The quantitative estimate of drug-likeness (QED) is 0.650. The highest BCUT2D eigenvalue weighted by molar-refractivity contribution is 9.10.